The summed E-state index contributed by atoms with van der Waals surface area (Å²) in [6.45, 7) is 0.668. The third-order valence-corrected chi connectivity index (χ3v) is 3.76. The predicted octanol–water partition coefficient (Wildman–Crippen LogP) is 3.45. The first-order valence-corrected chi connectivity index (χ1v) is 6.92. The van der Waals surface area contributed by atoms with Gasteiger partial charge in [-0.3, -0.25) is 10.1 Å². The minimum atomic E-state index is -0.458. The Labute approximate surface area is 118 Å². The van der Waals surface area contributed by atoms with Crippen molar-refractivity contribution in [2.24, 2.45) is 0 Å². The summed E-state index contributed by atoms with van der Waals surface area (Å²) in [5.41, 5.74) is 0.645. The number of nitro benzene ring substituents is 1. The van der Waals surface area contributed by atoms with Crippen LogP contribution in [0.3, 0.4) is 0 Å². The summed E-state index contributed by atoms with van der Waals surface area (Å²) in [5, 5.41) is 16.0. The van der Waals surface area contributed by atoms with E-state index in [1.807, 2.05) is 11.4 Å². The van der Waals surface area contributed by atoms with Gasteiger partial charge in [0.1, 0.15) is 0 Å². The molecule has 0 fully saturated rings. The SMILES string of the molecule is O=[N+]([O-])c1cccc2oc(NCCc3cccs3)nc12. The molecule has 0 aliphatic heterocycles. The van der Waals surface area contributed by atoms with Crippen molar-refractivity contribution in [3.05, 3.63) is 50.7 Å². The molecule has 20 heavy (non-hydrogen) atoms. The molecule has 7 heteroatoms. The molecular weight excluding hydrogens is 278 g/mol. The summed E-state index contributed by atoms with van der Waals surface area (Å²) < 4.78 is 5.46. The predicted molar refractivity (Wildman–Crippen MR) is 77.2 cm³/mol. The van der Waals surface area contributed by atoms with Crippen molar-refractivity contribution < 1.29 is 9.34 Å². The smallest absolute Gasteiger partial charge is 0.298 e. The zero-order valence-electron chi connectivity index (χ0n) is 10.4. The van der Waals surface area contributed by atoms with Gasteiger partial charge in [0.15, 0.2) is 11.1 Å². The van der Waals surface area contributed by atoms with Crippen LogP contribution in [0.2, 0.25) is 0 Å². The van der Waals surface area contributed by atoms with Crippen LogP contribution in [0.5, 0.6) is 0 Å². The third-order valence-electron chi connectivity index (χ3n) is 2.82. The summed E-state index contributed by atoms with van der Waals surface area (Å²) in [5.74, 6) is 0. The molecule has 0 aliphatic rings. The maximum Gasteiger partial charge on any atom is 0.298 e. The molecule has 2 heterocycles. The first kappa shape index (κ1) is 12.6. The van der Waals surface area contributed by atoms with E-state index in [1.165, 1.54) is 10.9 Å². The summed E-state index contributed by atoms with van der Waals surface area (Å²) in [4.78, 5) is 15.8. The number of rotatable bonds is 5. The molecule has 0 saturated heterocycles. The Bertz CT molecular complexity index is 736. The van der Waals surface area contributed by atoms with E-state index in [2.05, 4.69) is 16.4 Å². The van der Waals surface area contributed by atoms with Gasteiger partial charge in [-0.1, -0.05) is 12.1 Å². The topological polar surface area (TPSA) is 81.2 Å². The molecule has 0 atom stereocenters. The first-order valence-electron chi connectivity index (χ1n) is 6.04. The highest BCUT2D eigenvalue weighted by atomic mass is 32.1. The van der Waals surface area contributed by atoms with E-state index < -0.39 is 4.92 Å². The van der Waals surface area contributed by atoms with Gasteiger partial charge in [-0.15, -0.1) is 11.3 Å². The molecule has 1 aromatic carbocycles. The van der Waals surface area contributed by atoms with Gasteiger partial charge in [0, 0.05) is 17.5 Å². The lowest BCUT2D eigenvalue weighted by atomic mass is 10.3. The maximum atomic E-state index is 10.9. The normalized spacial score (nSPS) is 10.8. The van der Waals surface area contributed by atoms with Gasteiger partial charge in [0.2, 0.25) is 0 Å². The number of oxazole rings is 1. The van der Waals surface area contributed by atoms with Crippen molar-refractivity contribution >= 4 is 34.1 Å². The molecule has 0 unspecified atom stereocenters. The summed E-state index contributed by atoms with van der Waals surface area (Å²) in [7, 11) is 0. The van der Waals surface area contributed by atoms with E-state index in [4.69, 9.17) is 4.42 Å². The summed E-state index contributed by atoms with van der Waals surface area (Å²) in [6.07, 6.45) is 0.860. The van der Waals surface area contributed by atoms with Crippen molar-refractivity contribution in [3.63, 3.8) is 0 Å². The van der Waals surface area contributed by atoms with Crippen LogP contribution >= 0.6 is 11.3 Å². The summed E-state index contributed by atoms with van der Waals surface area (Å²) >= 11 is 1.69. The zero-order chi connectivity index (χ0) is 13.9. The number of aromatic nitrogens is 1. The molecule has 0 bridgehead atoms. The lowest BCUT2D eigenvalue weighted by molar-refractivity contribution is -0.383. The van der Waals surface area contributed by atoms with Crippen LogP contribution in [0.25, 0.3) is 11.1 Å². The van der Waals surface area contributed by atoms with Crippen LogP contribution in [0.1, 0.15) is 4.88 Å². The van der Waals surface area contributed by atoms with Gasteiger partial charge in [0.05, 0.1) is 4.92 Å². The van der Waals surface area contributed by atoms with Crippen LogP contribution < -0.4 is 5.32 Å². The average Bonchev–Trinajstić information content (AvgIpc) is 3.06. The Balaban J connectivity index is 1.76. The fraction of sp³-hybridized carbons (Fsp3) is 0.154. The van der Waals surface area contributed by atoms with Gasteiger partial charge in [-0.2, -0.15) is 4.98 Å². The van der Waals surface area contributed by atoms with E-state index in [0.29, 0.717) is 18.1 Å². The average molecular weight is 289 g/mol. The second-order valence-corrected chi connectivity index (χ2v) is 5.19. The third kappa shape index (κ3) is 2.48. The number of para-hydroxylation sites is 1. The van der Waals surface area contributed by atoms with Gasteiger partial charge in [0.25, 0.3) is 11.7 Å². The Morgan fingerprint density at radius 2 is 2.25 bits per heavy atom. The molecule has 0 saturated carbocycles. The molecule has 2 aromatic heterocycles. The molecule has 102 valence electrons. The minimum Gasteiger partial charge on any atom is -0.423 e. The second kappa shape index (κ2) is 5.30. The van der Waals surface area contributed by atoms with Crippen LogP contribution in [-0.2, 0) is 6.42 Å². The fourth-order valence-corrected chi connectivity index (χ4v) is 2.61. The van der Waals surface area contributed by atoms with E-state index in [0.717, 1.165) is 6.42 Å². The van der Waals surface area contributed by atoms with Crippen molar-refractivity contribution in [2.45, 2.75) is 6.42 Å². The van der Waals surface area contributed by atoms with E-state index in [9.17, 15) is 10.1 Å². The van der Waals surface area contributed by atoms with Gasteiger partial charge in [-0.25, -0.2) is 0 Å². The lowest BCUT2D eigenvalue weighted by Crippen LogP contribution is -2.03. The zero-order valence-corrected chi connectivity index (χ0v) is 11.2. The van der Waals surface area contributed by atoms with E-state index in [1.54, 1.807) is 23.5 Å². The van der Waals surface area contributed by atoms with Gasteiger partial charge in [-0.05, 0) is 23.9 Å². The van der Waals surface area contributed by atoms with Crippen LogP contribution in [0, 0.1) is 10.1 Å². The van der Waals surface area contributed by atoms with Crippen LogP contribution in [0.15, 0.2) is 40.1 Å². The highest BCUT2D eigenvalue weighted by molar-refractivity contribution is 7.09. The molecule has 0 spiro atoms. The van der Waals surface area contributed by atoms with Crippen molar-refractivity contribution in [1.29, 1.82) is 0 Å². The Morgan fingerprint density at radius 1 is 1.35 bits per heavy atom. The number of fused-ring (bicyclic) bond motifs is 1. The number of hydrogen-bond acceptors (Lipinski definition) is 6. The van der Waals surface area contributed by atoms with Crippen LogP contribution in [-0.4, -0.2) is 16.5 Å². The largest absolute Gasteiger partial charge is 0.423 e. The Morgan fingerprint density at radius 3 is 3.00 bits per heavy atom. The minimum absolute atomic E-state index is 0.0439. The Kier molecular flexibility index (Phi) is 3.34. The molecule has 1 N–H and O–H groups in total. The number of nitro groups is 1. The molecule has 0 amide bonds. The number of non-ortho nitro benzene ring substituents is 1. The van der Waals surface area contributed by atoms with Gasteiger partial charge < -0.3 is 9.73 Å². The number of nitrogens with one attached hydrogen (secondary N) is 1. The fourth-order valence-electron chi connectivity index (χ4n) is 1.90. The highest BCUT2D eigenvalue weighted by Crippen LogP contribution is 2.27. The van der Waals surface area contributed by atoms with Gasteiger partial charge >= 0.3 is 0 Å². The molecule has 3 rings (SSSR count). The molecule has 0 aliphatic carbocycles. The number of anilines is 1. The number of hydrogen-bond donors (Lipinski definition) is 1. The first-order chi connectivity index (χ1) is 9.74. The number of benzene rings is 1. The quantitative estimate of drug-likeness (QED) is 0.574. The van der Waals surface area contributed by atoms with Crippen molar-refractivity contribution in [3.8, 4) is 0 Å². The van der Waals surface area contributed by atoms with E-state index in [-0.39, 0.29) is 11.2 Å². The summed E-state index contributed by atoms with van der Waals surface area (Å²) in [6, 6.07) is 9.04. The Hall–Kier alpha value is -2.41. The highest BCUT2D eigenvalue weighted by Gasteiger charge is 2.16. The van der Waals surface area contributed by atoms with E-state index >= 15 is 0 Å². The molecular formula is C13H11N3O3S. The lowest BCUT2D eigenvalue weighted by Gasteiger charge is -1.98. The standard InChI is InChI=1S/C13H11N3O3S/c17-16(18)10-4-1-5-11-12(10)15-13(19-11)14-7-6-9-3-2-8-20-9/h1-5,8H,6-7H2,(H,14,15). The monoisotopic (exact) mass is 289 g/mol. The number of thiophene rings is 1. The number of nitrogens with zero attached hydrogens (tertiary/aromatic N) is 2. The molecule has 6 nitrogen and oxygen atoms in total. The molecule has 0 radical (unpaired) electrons. The van der Waals surface area contributed by atoms with Crippen molar-refractivity contribution in [1.82, 2.24) is 4.98 Å². The second-order valence-electron chi connectivity index (χ2n) is 4.16. The van der Waals surface area contributed by atoms with Crippen molar-refractivity contribution in [2.75, 3.05) is 11.9 Å². The van der Waals surface area contributed by atoms with Crippen LogP contribution in [0.4, 0.5) is 11.7 Å². The molecule has 3 aromatic rings. The maximum absolute atomic E-state index is 10.9.